The summed E-state index contributed by atoms with van der Waals surface area (Å²) in [5.74, 6) is -3.10. The Bertz CT molecular complexity index is 1710. The number of fused-ring (bicyclic) bond motifs is 1. The molecule has 4 rings (SSSR count). The Morgan fingerprint density at radius 3 is 1.26 bits per heavy atom. The predicted molar refractivity (Wildman–Crippen MR) is 150 cm³/mol. The van der Waals surface area contributed by atoms with Gasteiger partial charge in [0.05, 0.1) is 24.0 Å². The minimum absolute atomic E-state index is 0.00107. The minimum atomic E-state index is -4.54. The first-order chi connectivity index (χ1) is 19.9. The molecule has 0 aliphatic carbocycles. The molecule has 14 nitrogen and oxygen atoms in total. The lowest BCUT2D eigenvalue weighted by Gasteiger charge is -2.26. The van der Waals surface area contributed by atoms with Gasteiger partial charge in [0.15, 0.2) is 11.6 Å². The van der Waals surface area contributed by atoms with Crippen LogP contribution in [0, 0.1) is 0 Å². The van der Waals surface area contributed by atoms with E-state index in [1.165, 1.54) is 87.0 Å². The molecule has 0 amide bonds. The highest BCUT2D eigenvalue weighted by molar-refractivity contribution is 7.93. The Balaban J connectivity index is 1.92. The maximum Gasteiger partial charge on any atom is 0.324 e. The Morgan fingerprint density at radius 2 is 0.976 bits per heavy atom. The second kappa shape index (κ2) is 11.9. The molecule has 0 saturated carbocycles. The van der Waals surface area contributed by atoms with Gasteiger partial charge in [0.1, 0.15) is 24.6 Å². The molecule has 0 spiro atoms. The highest BCUT2D eigenvalue weighted by Crippen LogP contribution is 2.35. The van der Waals surface area contributed by atoms with Gasteiger partial charge in [-0.15, -0.1) is 10.2 Å². The van der Waals surface area contributed by atoms with Crippen molar-refractivity contribution >= 4 is 54.4 Å². The number of aliphatic carboxylic acids is 2. The van der Waals surface area contributed by atoms with E-state index < -0.39 is 56.7 Å². The van der Waals surface area contributed by atoms with Crippen molar-refractivity contribution in [3.05, 3.63) is 72.8 Å². The van der Waals surface area contributed by atoms with Gasteiger partial charge in [-0.3, -0.25) is 9.59 Å². The Kier molecular flexibility index (Phi) is 8.49. The van der Waals surface area contributed by atoms with Crippen molar-refractivity contribution in [2.24, 2.45) is 0 Å². The maximum atomic E-state index is 13.6. The standard InChI is InChI=1S/C26H24N4O10S2/c1-39-17-7-11-19(12-8-17)41(35,36)29(15-23(31)32)25-21-5-3-4-6-22(21)26(28-27-25)30(16-24(33)34)42(37,38)20-13-9-18(40-2)10-14-20/h3-14H,15-16H2,1-2H3,(H,31,32)(H,33,34). The first-order valence-corrected chi connectivity index (χ1v) is 14.8. The lowest BCUT2D eigenvalue weighted by molar-refractivity contribution is -0.136. The van der Waals surface area contributed by atoms with Gasteiger partial charge in [-0.2, -0.15) is 0 Å². The van der Waals surface area contributed by atoms with Crippen molar-refractivity contribution in [2.45, 2.75) is 9.79 Å². The summed E-state index contributed by atoms with van der Waals surface area (Å²) in [7, 11) is -6.29. The van der Waals surface area contributed by atoms with Crippen molar-refractivity contribution in [3.8, 4) is 11.5 Å². The van der Waals surface area contributed by atoms with Crippen molar-refractivity contribution in [1.29, 1.82) is 0 Å². The zero-order valence-electron chi connectivity index (χ0n) is 22.1. The first-order valence-electron chi connectivity index (χ1n) is 11.9. The molecule has 0 bridgehead atoms. The van der Waals surface area contributed by atoms with Crippen molar-refractivity contribution in [3.63, 3.8) is 0 Å². The first kappa shape index (κ1) is 30.0. The topological polar surface area (TPSA) is 194 Å². The average Bonchev–Trinajstić information content (AvgIpc) is 2.98. The van der Waals surface area contributed by atoms with Crippen LogP contribution in [-0.4, -0.2) is 76.5 Å². The van der Waals surface area contributed by atoms with Crippen LogP contribution in [0.4, 0.5) is 11.6 Å². The number of ether oxygens (including phenoxy) is 2. The molecule has 0 fully saturated rings. The SMILES string of the molecule is COc1ccc(S(=O)(=O)N(CC(=O)O)c2nnc(N(CC(=O)O)S(=O)(=O)c3ccc(OC)cc3)c3ccccc23)cc1. The number of methoxy groups -OCH3 is 2. The summed E-state index contributed by atoms with van der Waals surface area (Å²) in [5.41, 5.74) is 0. The number of anilines is 2. The normalized spacial score (nSPS) is 11.6. The molecule has 0 saturated heterocycles. The second-order valence-corrected chi connectivity index (χ2v) is 12.3. The van der Waals surface area contributed by atoms with Gasteiger partial charge in [-0.1, -0.05) is 24.3 Å². The fraction of sp³-hybridized carbons (Fsp3) is 0.154. The summed E-state index contributed by atoms with van der Waals surface area (Å²) in [5, 5.41) is 27.0. The molecule has 16 heteroatoms. The summed E-state index contributed by atoms with van der Waals surface area (Å²) in [6, 6.07) is 16.2. The highest BCUT2D eigenvalue weighted by atomic mass is 32.2. The van der Waals surface area contributed by atoms with E-state index >= 15 is 0 Å². The maximum absolute atomic E-state index is 13.6. The molecule has 0 atom stereocenters. The van der Waals surface area contributed by atoms with E-state index in [9.17, 15) is 36.6 Å². The van der Waals surface area contributed by atoms with Gasteiger partial charge in [0.25, 0.3) is 20.0 Å². The Morgan fingerprint density at radius 1 is 0.643 bits per heavy atom. The third-order valence-electron chi connectivity index (χ3n) is 5.97. The number of sulfonamides is 2. The second-order valence-electron chi connectivity index (χ2n) is 8.55. The molecule has 2 N–H and O–H groups in total. The number of carbonyl (C=O) groups is 2. The molecule has 1 aromatic heterocycles. The van der Waals surface area contributed by atoms with Gasteiger partial charge in [-0.05, 0) is 48.5 Å². The molecule has 42 heavy (non-hydrogen) atoms. The predicted octanol–water partition coefficient (Wildman–Crippen LogP) is 2.21. The van der Waals surface area contributed by atoms with Gasteiger partial charge in [0, 0.05) is 10.8 Å². The van der Waals surface area contributed by atoms with Crippen LogP contribution in [0.15, 0.2) is 82.6 Å². The Hall–Kier alpha value is -4.96. The molecule has 0 radical (unpaired) electrons. The smallest absolute Gasteiger partial charge is 0.324 e. The molecule has 0 unspecified atom stereocenters. The van der Waals surface area contributed by atoms with Crippen LogP contribution in [0.25, 0.3) is 10.8 Å². The number of aromatic nitrogens is 2. The lowest BCUT2D eigenvalue weighted by Crippen LogP contribution is -2.38. The average molecular weight is 617 g/mol. The molecule has 1 heterocycles. The van der Waals surface area contributed by atoms with E-state index in [0.717, 1.165) is 0 Å². The summed E-state index contributed by atoms with van der Waals surface area (Å²) >= 11 is 0. The fourth-order valence-corrected chi connectivity index (χ4v) is 6.74. The molecule has 0 aliphatic rings. The molecule has 220 valence electrons. The third kappa shape index (κ3) is 5.89. The molecule has 3 aromatic carbocycles. The van der Waals surface area contributed by atoms with E-state index in [0.29, 0.717) is 20.1 Å². The van der Waals surface area contributed by atoms with E-state index in [-0.39, 0.29) is 20.6 Å². The number of hydrogen-bond donors (Lipinski definition) is 2. The zero-order valence-corrected chi connectivity index (χ0v) is 23.7. The van der Waals surface area contributed by atoms with Crippen LogP contribution in [0.5, 0.6) is 11.5 Å². The number of rotatable bonds is 12. The van der Waals surface area contributed by atoms with Gasteiger partial charge in [-0.25, -0.2) is 25.4 Å². The lowest BCUT2D eigenvalue weighted by atomic mass is 10.1. The number of nitrogens with zero attached hydrogens (tertiary/aromatic N) is 4. The van der Waals surface area contributed by atoms with Gasteiger partial charge in [0.2, 0.25) is 0 Å². The van der Waals surface area contributed by atoms with Crippen molar-refractivity contribution in [1.82, 2.24) is 10.2 Å². The van der Waals surface area contributed by atoms with Crippen molar-refractivity contribution in [2.75, 3.05) is 35.9 Å². The summed E-state index contributed by atoms with van der Waals surface area (Å²) < 4.78 is 65.7. The monoisotopic (exact) mass is 616 g/mol. The third-order valence-corrected chi connectivity index (χ3v) is 9.47. The molecular formula is C26H24N4O10S2. The van der Waals surface area contributed by atoms with Crippen LogP contribution in [-0.2, 0) is 29.6 Å². The van der Waals surface area contributed by atoms with Crippen LogP contribution >= 0.6 is 0 Å². The number of benzene rings is 3. The summed E-state index contributed by atoms with van der Waals surface area (Å²) in [4.78, 5) is 23.0. The van der Waals surface area contributed by atoms with E-state index in [1.54, 1.807) is 0 Å². The zero-order chi connectivity index (χ0) is 30.7. The molecule has 4 aromatic rings. The largest absolute Gasteiger partial charge is 0.497 e. The number of carboxylic acids is 2. The minimum Gasteiger partial charge on any atom is -0.497 e. The summed E-state index contributed by atoms with van der Waals surface area (Å²) in [6.45, 7) is -2.09. The van der Waals surface area contributed by atoms with E-state index in [2.05, 4.69) is 10.2 Å². The van der Waals surface area contributed by atoms with Crippen LogP contribution in [0.1, 0.15) is 0 Å². The van der Waals surface area contributed by atoms with E-state index in [1.807, 2.05) is 0 Å². The molecule has 0 aliphatic heterocycles. The number of hydrogen-bond acceptors (Lipinski definition) is 10. The van der Waals surface area contributed by atoms with Crippen LogP contribution in [0.3, 0.4) is 0 Å². The fourth-order valence-electron chi connectivity index (χ4n) is 3.99. The highest BCUT2D eigenvalue weighted by Gasteiger charge is 2.34. The van der Waals surface area contributed by atoms with Gasteiger partial charge >= 0.3 is 11.9 Å². The van der Waals surface area contributed by atoms with Crippen LogP contribution in [0.2, 0.25) is 0 Å². The number of carboxylic acid groups (broad SMARTS) is 2. The summed E-state index contributed by atoms with van der Waals surface area (Å²) in [6.07, 6.45) is 0. The van der Waals surface area contributed by atoms with Gasteiger partial charge < -0.3 is 19.7 Å². The van der Waals surface area contributed by atoms with Crippen molar-refractivity contribution < 1.29 is 46.1 Å². The van der Waals surface area contributed by atoms with E-state index in [4.69, 9.17) is 9.47 Å². The Labute approximate surface area is 240 Å². The quantitative estimate of drug-likeness (QED) is 0.236. The molecular weight excluding hydrogens is 592 g/mol. The van der Waals surface area contributed by atoms with Crippen LogP contribution < -0.4 is 18.1 Å².